The number of hydrogen-bond acceptors (Lipinski definition) is 3. The zero-order valence-corrected chi connectivity index (χ0v) is 13.1. The first-order chi connectivity index (χ1) is 9.99. The number of aliphatic carboxylic acids is 1. The number of amides is 1. The summed E-state index contributed by atoms with van der Waals surface area (Å²) in [6, 6.07) is 0. The highest BCUT2D eigenvalue weighted by molar-refractivity contribution is 5.85. The van der Waals surface area contributed by atoms with Crippen LogP contribution in [-0.4, -0.2) is 41.5 Å². The lowest BCUT2D eigenvalue weighted by Crippen LogP contribution is -2.55. The Bertz CT molecular complexity index is 400. The van der Waals surface area contributed by atoms with Gasteiger partial charge in [-0.25, -0.2) is 0 Å². The zero-order valence-electron chi connectivity index (χ0n) is 13.1. The van der Waals surface area contributed by atoms with E-state index in [0.717, 1.165) is 38.5 Å². The molecule has 1 saturated carbocycles. The summed E-state index contributed by atoms with van der Waals surface area (Å²) in [5.41, 5.74) is 4.72. The average molecular weight is 296 g/mol. The van der Waals surface area contributed by atoms with E-state index in [1.807, 2.05) is 6.92 Å². The lowest BCUT2D eigenvalue weighted by Gasteiger charge is -2.43. The molecule has 1 aliphatic heterocycles. The smallest absolute Gasteiger partial charge is 0.311 e. The fourth-order valence-corrected chi connectivity index (χ4v) is 4.16. The van der Waals surface area contributed by atoms with Crippen molar-refractivity contribution < 1.29 is 14.7 Å². The molecule has 3 N–H and O–H groups in total. The number of carboxylic acids is 1. The molecule has 2 aliphatic rings. The highest BCUT2D eigenvalue weighted by Gasteiger charge is 2.48. The van der Waals surface area contributed by atoms with Crippen LogP contribution in [0.25, 0.3) is 0 Å². The molecule has 0 aromatic heterocycles. The number of nitrogens with two attached hydrogens (primary N) is 1. The standard InChI is InChI=1S/C16H28N2O3/c1-2-6-16(14(20)21)9-5-10-18(12-16)13(19)15(11-17)7-3-4-8-15/h2-12,17H2,1H3,(H,20,21). The molecule has 0 radical (unpaired) electrons. The molecule has 1 heterocycles. The first-order valence-corrected chi connectivity index (χ1v) is 8.22. The Balaban J connectivity index is 2.16. The first kappa shape index (κ1) is 16.3. The molecule has 5 heteroatoms. The molecule has 1 atom stereocenters. The molecular formula is C16H28N2O3. The van der Waals surface area contributed by atoms with Gasteiger partial charge < -0.3 is 15.7 Å². The van der Waals surface area contributed by atoms with E-state index in [9.17, 15) is 14.7 Å². The minimum absolute atomic E-state index is 0.101. The van der Waals surface area contributed by atoms with Crippen LogP contribution in [-0.2, 0) is 9.59 Å². The third-order valence-corrected chi connectivity index (χ3v) is 5.45. The van der Waals surface area contributed by atoms with E-state index < -0.39 is 16.8 Å². The maximum absolute atomic E-state index is 12.9. The predicted octanol–water partition coefficient (Wildman–Crippen LogP) is 2.00. The Labute approximate surface area is 126 Å². The second kappa shape index (κ2) is 6.34. The van der Waals surface area contributed by atoms with Gasteiger partial charge in [0.25, 0.3) is 0 Å². The summed E-state index contributed by atoms with van der Waals surface area (Å²) in [5.74, 6) is -0.654. The molecule has 1 amide bonds. The summed E-state index contributed by atoms with van der Waals surface area (Å²) in [6.45, 7) is 3.43. The predicted molar refractivity (Wildman–Crippen MR) is 80.7 cm³/mol. The topological polar surface area (TPSA) is 83.6 Å². The number of carbonyl (C=O) groups is 2. The van der Waals surface area contributed by atoms with Crippen molar-refractivity contribution in [2.75, 3.05) is 19.6 Å². The van der Waals surface area contributed by atoms with Crippen LogP contribution in [0.3, 0.4) is 0 Å². The number of hydrogen-bond donors (Lipinski definition) is 2. The van der Waals surface area contributed by atoms with Gasteiger partial charge in [0, 0.05) is 19.6 Å². The molecule has 2 rings (SSSR count). The summed E-state index contributed by atoms with van der Waals surface area (Å²) >= 11 is 0. The van der Waals surface area contributed by atoms with Gasteiger partial charge >= 0.3 is 5.97 Å². The molecular weight excluding hydrogens is 268 g/mol. The van der Waals surface area contributed by atoms with Crippen LogP contribution in [0.5, 0.6) is 0 Å². The summed E-state index contributed by atoms with van der Waals surface area (Å²) in [6.07, 6.45) is 6.73. The van der Waals surface area contributed by atoms with Gasteiger partial charge in [-0.2, -0.15) is 0 Å². The zero-order chi connectivity index (χ0) is 15.5. The molecule has 1 saturated heterocycles. The normalized spacial score (nSPS) is 28.6. The molecule has 0 aromatic carbocycles. The molecule has 0 bridgehead atoms. The Kier molecular flexibility index (Phi) is 4.91. The van der Waals surface area contributed by atoms with Crippen molar-refractivity contribution in [1.29, 1.82) is 0 Å². The summed E-state index contributed by atoms with van der Waals surface area (Å²) in [7, 11) is 0. The van der Waals surface area contributed by atoms with E-state index in [1.165, 1.54) is 0 Å². The van der Waals surface area contributed by atoms with Gasteiger partial charge in [-0.3, -0.25) is 9.59 Å². The molecule has 0 spiro atoms. The second-order valence-corrected chi connectivity index (χ2v) is 6.86. The Morgan fingerprint density at radius 2 is 1.76 bits per heavy atom. The van der Waals surface area contributed by atoms with Gasteiger partial charge in [0.15, 0.2) is 0 Å². The number of carbonyl (C=O) groups excluding carboxylic acids is 1. The highest BCUT2D eigenvalue weighted by atomic mass is 16.4. The van der Waals surface area contributed by atoms with Crippen LogP contribution in [0.4, 0.5) is 0 Å². The van der Waals surface area contributed by atoms with Crippen molar-refractivity contribution in [3.63, 3.8) is 0 Å². The van der Waals surface area contributed by atoms with Crippen LogP contribution in [0.15, 0.2) is 0 Å². The number of carboxylic acid groups (broad SMARTS) is 1. The number of rotatable bonds is 5. The SMILES string of the molecule is CCCC1(C(=O)O)CCCN(C(=O)C2(CN)CCCC2)C1. The van der Waals surface area contributed by atoms with Crippen molar-refractivity contribution in [2.45, 2.75) is 58.3 Å². The van der Waals surface area contributed by atoms with E-state index >= 15 is 0 Å². The maximum atomic E-state index is 12.9. The molecule has 21 heavy (non-hydrogen) atoms. The van der Waals surface area contributed by atoms with Gasteiger partial charge in [-0.15, -0.1) is 0 Å². The van der Waals surface area contributed by atoms with E-state index in [2.05, 4.69) is 0 Å². The molecule has 0 aromatic rings. The highest BCUT2D eigenvalue weighted by Crippen LogP contribution is 2.42. The van der Waals surface area contributed by atoms with Crippen molar-refractivity contribution in [3.8, 4) is 0 Å². The summed E-state index contributed by atoms with van der Waals surface area (Å²) in [4.78, 5) is 26.5. The summed E-state index contributed by atoms with van der Waals surface area (Å²) < 4.78 is 0. The van der Waals surface area contributed by atoms with Gasteiger partial charge in [-0.1, -0.05) is 26.2 Å². The largest absolute Gasteiger partial charge is 0.481 e. The van der Waals surface area contributed by atoms with Crippen molar-refractivity contribution in [2.24, 2.45) is 16.6 Å². The van der Waals surface area contributed by atoms with Gasteiger partial charge in [0.1, 0.15) is 0 Å². The van der Waals surface area contributed by atoms with Crippen molar-refractivity contribution in [1.82, 2.24) is 4.90 Å². The lowest BCUT2D eigenvalue weighted by molar-refractivity contribution is -0.158. The van der Waals surface area contributed by atoms with Crippen LogP contribution in [0, 0.1) is 10.8 Å². The van der Waals surface area contributed by atoms with Crippen molar-refractivity contribution >= 4 is 11.9 Å². The minimum atomic E-state index is -0.755. The average Bonchev–Trinajstić information content (AvgIpc) is 2.97. The van der Waals surface area contributed by atoms with Crippen molar-refractivity contribution in [3.05, 3.63) is 0 Å². The van der Waals surface area contributed by atoms with Crippen LogP contribution < -0.4 is 5.73 Å². The quantitative estimate of drug-likeness (QED) is 0.812. The van der Waals surface area contributed by atoms with E-state index in [-0.39, 0.29) is 5.91 Å². The maximum Gasteiger partial charge on any atom is 0.311 e. The van der Waals surface area contributed by atoms with Crippen LogP contribution >= 0.6 is 0 Å². The monoisotopic (exact) mass is 296 g/mol. The third-order valence-electron chi connectivity index (χ3n) is 5.45. The molecule has 120 valence electrons. The van der Waals surface area contributed by atoms with Crippen LogP contribution in [0.2, 0.25) is 0 Å². The van der Waals surface area contributed by atoms with Crippen LogP contribution in [0.1, 0.15) is 58.3 Å². The molecule has 5 nitrogen and oxygen atoms in total. The van der Waals surface area contributed by atoms with Gasteiger partial charge in [-0.05, 0) is 32.1 Å². The Morgan fingerprint density at radius 1 is 1.14 bits per heavy atom. The summed E-state index contributed by atoms with van der Waals surface area (Å²) in [5, 5.41) is 9.64. The molecule has 1 aliphatic carbocycles. The Hall–Kier alpha value is -1.10. The number of nitrogens with zero attached hydrogens (tertiary/aromatic N) is 1. The van der Waals surface area contributed by atoms with Gasteiger partial charge in [0.2, 0.25) is 5.91 Å². The fourth-order valence-electron chi connectivity index (χ4n) is 4.16. The number of likely N-dealkylation sites (tertiary alicyclic amines) is 1. The third kappa shape index (κ3) is 2.93. The second-order valence-electron chi connectivity index (χ2n) is 6.86. The Morgan fingerprint density at radius 3 is 2.29 bits per heavy atom. The van der Waals surface area contributed by atoms with Gasteiger partial charge in [0.05, 0.1) is 10.8 Å². The van der Waals surface area contributed by atoms with E-state index in [0.29, 0.717) is 32.5 Å². The van der Waals surface area contributed by atoms with E-state index in [4.69, 9.17) is 5.73 Å². The van der Waals surface area contributed by atoms with E-state index in [1.54, 1.807) is 4.90 Å². The number of piperidine rings is 1. The fraction of sp³-hybridized carbons (Fsp3) is 0.875. The lowest BCUT2D eigenvalue weighted by atomic mass is 9.75. The molecule has 2 fully saturated rings. The first-order valence-electron chi connectivity index (χ1n) is 8.22. The minimum Gasteiger partial charge on any atom is -0.481 e. The molecule has 1 unspecified atom stereocenters.